The van der Waals surface area contributed by atoms with Gasteiger partial charge in [-0.3, -0.25) is 9.59 Å². The molecule has 1 aromatic rings. The lowest BCUT2D eigenvalue weighted by Gasteiger charge is -2.12. The summed E-state index contributed by atoms with van der Waals surface area (Å²) in [4.78, 5) is 23.6. The molecule has 98 valence electrons. The zero-order valence-electron chi connectivity index (χ0n) is 10.4. The normalized spacial score (nSPS) is 10.3. The number of anilines is 1. The first-order valence-corrected chi connectivity index (χ1v) is 6.69. The zero-order valence-corrected chi connectivity index (χ0v) is 12.0. The molecule has 1 rings (SSSR count). The lowest BCUT2D eigenvalue weighted by Crippen LogP contribution is -2.32. The first-order valence-electron chi connectivity index (χ1n) is 5.43. The molecule has 0 fully saturated rings. The van der Waals surface area contributed by atoms with E-state index in [1.807, 2.05) is 19.9 Å². The van der Waals surface area contributed by atoms with Crippen LogP contribution in [0.3, 0.4) is 0 Å². The number of likely N-dealkylation sites (N-methyl/N-ethyl adjacent to an activating group) is 1. The highest BCUT2D eigenvalue weighted by Crippen LogP contribution is 2.32. The van der Waals surface area contributed by atoms with E-state index in [9.17, 15) is 9.59 Å². The second-order valence-electron chi connectivity index (χ2n) is 3.84. The number of nitrogens with one attached hydrogen (secondary N) is 2. The van der Waals surface area contributed by atoms with Crippen LogP contribution in [-0.2, 0) is 9.59 Å². The standard InChI is InChI=1S/C12H15ClN2O2S/c1-7(2)18-10-5-4-8(13)6-9(10)15-12(17)11(16)14-3/h4-7H,1-3H3,(H,14,16)(H,15,17). The fraction of sp³-hybridized carbons (Fsp3) is 0.333. The lowest BCUT2D eigenvalue weighted by atomic mass is 10.3. The molecular formula is C12H15ClN2O2S. The Balaban J connectivity index is 2.95. The fourth-order valence-electron chi connectivity index (χ4n) is 1.25. The third-order valence-corrected chi connectivity index (χ3v) is 3.30. The minimum atomic E-state index is -0.703. The molecule has 0 aliphatic carbocycles. The molecule has 0 spiro atoms. The van der Waals surface area contributed by atoms with Crippen LogP contribution in [0.2, 0.25) is 5.02 Å². The third-order valence-electron chi connectivity index (χ3n) is 1.99. The maximum atomic E-state index is 11.5. The third kappa shape index (κ3) is 4.23. The first kappa shape index (κ1) is 14.9. The summed E-state index contributed by atoms with van der Waals surface area (Å²) in [5, 5.41) is 5.69. The number of carbonyl (C=O) groups excluding carboxylic acids is 2. The van der Waals surface area contributed by atoms with Crippen molar-refractivity contribution < 1.29 is 9.59 Å². The number of hydrogen-bond donors (Lipinski definition) is 2. The summed E-state index contributed by atoms with van der Waals surface area (Å²) in [7, 11) is 1.41. The van der Waals surface area contributed by atoms with Crippen LogP contribution < -0.4 is 10.6 Å². The second kappa shape index (κ2) is 6.66. The van der Waals surface area contributed by atoms with Crippen LogP contribution >= 0.6 is 23.4 Å². The van der Waals surface area contributed by atoms with E-state index in [-0.39, 0.29) is 0 Å². The minimum absolute atomic E-state index is 0.363. The smallest absolute Gasteiger partial charge is 0.313 e. The predicted molar refractivity (Wildman–Crippen MR) is 75.1 cm³/mol. The number of carbonyl (C=O) groups is 2. The van der Waals surface area contributed by atoms with E-state index in [4.69, 9.17) is 11.6 Å². The van der Waals surface area contributed by atoms with Gasteiger partial charge in [0.1, 0.15) is 0 Å². The van der Waals surface area contributed by atoms with E-state index in [1.165, 1.54) is 7.05 Å². The average molecular weight is 287 g/mol. The van der Waals surface area contributed by atoms with Gasteiger partial charge in [-0.15, -0.1) is 11.8 Å². The monoisotopic (exact) mass is 286 g/mol. The van der Waals surface area contributed by atoms with Crippen molar-refractivity contribution in [2.24, 2.45) is 0 Å². The SMILES string of the molecule is CNC(=O)C(=O)Nc1cc(Cl)ccc1SC(C)C. The summed E-state index contributed by atoms with van der Waals surface area (Å²) in [6.45, 7) is 4.09. The van der Waals surface area contributed by atoms with Crippen molar-refractivity contribution in [1.82, 2.24) is 5.32 Å². The molecule has 2 N–H and O–H groups in total. The van der Waals surface area contributed by atoms with Crippen LogP contribution in [0.5, 0.6) is 0 Å². The fourth-order valence-corrected chi connectivity index (χ4v) is 2.31. The van der Waals surface area contributed by atoms with Crippen molar-refractivity contribution in [3.63, 3.8) is 0 Å². The van der Waals surface area contributed by atoms with Gasteiger partial charge in [-0.2, -0.15) is 0 Å². The molecule has 2 amide bonds. The molecule has 0 radical (unpaired) electrons. The van der Waals surface area contributed by atoms with Crippen LogP contribution in [0.1, 0.15) is 13.8 Å². The van der Waals surface area contributed by atoms with Gasteiger partial charge in [0.05, 0.1) is 5.69 Å². The molecule has 0 unspecified atom stereocenters. The van der Waals surface area contributed by atoms with E-state index in [2.05, 4.69) is 10.6 Å². The Morgan fingerprint density at radius 2 is 1.94 bits per heavy atom. The van der Waals surface area contributed by atoms with E-state index in [0.29, 0.717) is 16.0 Å². The predicted octanol–water partition coefficient (Wildman–Crippen LogP) is 2.53. The summed E-state index contributed by atoms with van der Waals surface area (Å²) >= 11 is 7.48. The molecule has 0 heterocycles. The highest BCUT2D eigenvalue weighted by Gasteiger charge is 2.14. The summed E-state index contributed by atoms with van der Waals surface area (Å²) in [6, 6.07) is 5.21. The lowest BCUT2D eigenvalue weighted by molar-refractivity contribution is -0.135. The molecule has 0 saturated heterocycles. The van der Waals surface area contributed by atoms with Crippen LogP contribution in [-0.4, -0.2) is 24.1 Å². The highest BCUT2D eigenvalue weighted by atomic mass is 35.5. The van der Waals surface area contributed by atoms with Gasteiger partial charge in [-0.05, 0) is 18.2 Å². The van der Waals surface area contributed by atoms with Gasteiger partial charge in [0.15, 0.2) is 0 Å². The van der Waals surface area contributed by atoms with Crippen LogP contribution in [0, 0.1) is 0 Å². The maximum Gasteiger partial charge on any atom is 0.313 e. The molecule has 18 heavy (non-hydrogen) atoms. The summed E-state index contributed by atoms with van der Waals surface area (Å²) < 4.78 is 0. The Hall–Kier alpha value is -1.20. The second-order valence-corrected chi connectivity index (χ2v) is 5.90. The van der Waals surface area contributed by atoms with E-state index >= 15 is 0 Å². The number of hydrogen-bond acceptors (Lipinski definition) is 3. The molecular weight excluding hydrogens is 272 g/mol. The largest absolute Gasteiger partial charge is 0.351 e. The molecule has 0 bridgehead atoms. The van der Waals surface area contributed by atoms with Crippen LogP contribution in [0.4, 0.5) is 5.69 Å². The van der Waals surface area contributed by atoms with Gasteiger partial charge in [-0.1, -0.05) is 25.4 Å². The van der Waals surface area contributed by atoms with Gasteiger partial charge in [-0.25, -0.2) is 0 Å². The van der Waals surface area contributed by atoms with E-state index < -0.39 is 11.8 Å². The summed E-state index contributed by atoms with van der Waals surface area (Å²) in [5.41, 5.74) is 0.551. The van der Waals surface area contributed by atoms with Crippen molar-refractivity contribution in [1.29, 1.82) is 0 Å². The molecule has 4 nitrogen and oxygen atoms in total. The Labute approximate surface area is 115 Å². The summed E-state index contributed by atoms with van der Waals surface area (Å²) in [5.74, 6) is -1.39. The Bertz CT molecular complexity index is 463. The zero-order chi connectivity index (χ0) is 13.7. The average Bonchev–Trinajstić information content (AvgIpc) is 2.31. The Morgan fingerprint density at radius 3 is 2.50 bits per heavy atom. The van der Waals surface area contributed by atoms with Crippen LogP contribution in [0.25, 0.3) is 0 Å². The molecule has 0 aliphatic rings. The van der Waals surface area contributed by atoms with Gasteiger partial charge < -0.3 is 10.6 Å². The number of amides is 2. The van der Waals surface area contributed by atoms with Crippen molar-refractivity contribution in [2.75, 3.05) is 12.4 Å². The number of thioether (sulfide) groups is 1. The topological polar surface area (TPSA) is 58.2 Å². The van der Waals surface area contributed by atoms with Crippen LogP contribution in [0.15, 0.2) is 23.1 Å². The molecule has 6 heteroatoms. The van der Waals surface area contributed by atoms with Crippen molar-refractivity contribution in [2.45, 2.75) is 24.0 Å². The molecule has 0 atom stereocenters. The van der Waals surface area contributed by atoms with Crippen molar-refractivity contribution in [3.8, 4) is 0 Å². The number of benzene rings is 1. The maximum absolute atomic E-state index is 11.5. The number of halogens is 1. The van der Waals surface area contributed by atoms with Gasteiger partial charge in [0.25, 0.3) is 0 Å². The molecule has 0 aromatic heterocycles. The summed E-state index contributed by atoms with van der Waals surface area (Å²) in [6.07, 6.45) is 0. The van der Waals surface area contributed by atoms with E-state index in [1.54, 1.807) is 23.9 Å². The van der Waals surface area contributed by atoms with Gasteiger partial charge in [0, 0.05) is 22.2 Å². The molecule has 1 aromatic carbocycles. The molecule has 0 aliphatic heterocycles. The first-order chi connectivity index (χ1) is 8.43. The van der Waals surface area contributed by atoms with Gasteiger partial charge >= 0.3 is 11.8 Å². The van der Waals surface area contributed by atoms with Crippen molar-refractivity contribution >= 4 is 40.9 Å². The minimum Gasteiger partial charge on any atom is -0.351 e. The quantitative estimate of drug-likeness (QED) is 0.663. The van der Waals surface area contributed by atoms with Crippen molar-refractivity contribution in [3.05, 3.63) is 23.2 Å². The van der Waals surface area contributed by atoms with Gasteiger partial charge in [0.2, 0.25) is 0 Å². The Morgan fingerprint density at radius 1 is 1.28 bits per heavy atom. The highest BCUT2D eigenvalue weighted by molar-refractivity contribution is 8.00. The number of rotatable bonds is 3. The van der Waals surface area contributed by atoms with E-state index in [0.717, 1.165) is 4.90 Å². The molecule has 0 saturated carbocycles. The Kier molecular flexibility index (Phi) is 5.50.